The first kappa shape index (κ1) is 26.3. The Kier molecular flexibility index (Phi) is 9.98. The van der Waals surface area contributed by atoms with Gasteiger partial charge in [-0.25, -0.2) is 5.43 Å². The first-order chi connectivity index (χ1) is 15.0. The summed E-state index contributed by atoms with van der Waals surface area (Å²) in [5, 5.41) is 63.1. The van der Waals surface area contributed by atoms with Crippen molar-refractivity contribution < 1.29 is 45.3 Å². The van der Waals surface area contributed by atoms with Crippen LogP contribution in [-0.2, 0) is 22.6 Å². The molecule has 0 aromatic heterocycles. The number of nitrogens with two attached hydrogens (primary N) is 2. The van der Waals surface area contributed by atoms with Gasteiger partial charge >= 0.3 is 5.97 Å². The Labute approximate surface area is 182 Å². The van der Waals surface area contributed by atoms with Crippen LogP contribution in [0.2, 0.25) is 0 Å². The third kappa shape index (κ3) is 7.81. The molecule has 0 saturated heterocycles. The lowest BCUT2D eigenvalue weighted by Crippen LogP contribution is -2.48. The van der Waals surface area contributed by atoms with Crippen LogP contribution in [-0.4, -0.2) is 66.3 Å². The molecule has 0 bridgehead atoms. The number of benzene rings is 2. The van der Waals surface area contributed by atoms with Gasteiger partial charge in [0.15, 0.2) is 23.0 Å². The Hall–Kier alpha value is -3.78. The number of aliphatic hydroxyl groups is 1. The Balaban J connectivity index is 0.000000330. The molecule has 32 heavy (non-hydrogen) atoms. The van der Waals surface area contributed by atoms with Gasteiger partial charge in [-0.2, -0.15) is 0 Å². The van der Waals surface area contributed by atoms with Crippen LogP contribution in [0.25, 0.3) is 0 Å². The number of hydrogen-bond acceptors (Lipinski definition) is 11. The molecular weight excluding hydrogens is 428 g/mol. The van der Waals surface area contributed by atoms with Crippen molar-refractivity contribution in [2.75, 3.05) is 6.61 Å². The highest BCUT2D eigenvalue weighted by Gasteiger charge is 2.14. The van der Waals surface area contributed by atoms with Crippen LogP contribution in [0, 0.1) is 0 Å². The lowest BCUT2D eigenvalue weighted by atomic mass is 10.1. The second-order valence-corrected chi connectivity index (χ2v) is 6.54. The first-order valence-electron chi connectivity index (χ1n) is 9.09. The van der Waals surface area contributed by atoms with Gasteiger partial charge in [0, 0.05) is 12.1 Å². The van der Waals surface area contributed by atoms with Gasteiger partial charge in [0.1, 0.15) is 12.1 Å². The molecule has 1 amide bonds. The highest BCUT2D eigenvalue weighted by Crippen LogP contribution is 2.36. The lowest BCUT2D eigenvalue weighted by Gasteiger charge is -2.12. The number of phenols is 5. The summed E-state index contributed by atoms with van der Waals surface area (Å²) in [6.45, 7) is -0.484. The molecule has 0 aliphatic heterocycles. The molecule has 0 fully saturated rings. The summed E-state index contributed by atoms with van der Waals surface area (Å²) >= 11 is 0. The number of rotatable bonds is 8. The molecule has 2 aromatic carbocycles. The molecule has 0 aliphatic carbocycles. The van der Waals surface area contributed by atoms with Crippen molar-refractivity contribution in [2.24, 2.45) is 11.5 Å². The molecule has 0 heterocycles. The zero-order valence-electron chi connectivity index (χ0n) is 16.8. The zero-order valence-corrected chi connectivity index (χ0v) is 16.8. The van der Waals surface area contributed by atoms with E-state index in [1.165, 1.54) is 30.3 Å². The molecule has 13 heteroatoms. The molecule has 13 nitrogen and oxygen atoms in total. The first-order valence-corrected chi connectivity index (χ1v) is 9.09. The van der Waals surface area contributed by atoms with Gasteiger partial charge < -0.3 is 47.2 Å². The van der Waals surface area contributed by atoms with Crippen LogP contribution in [0.4, 0.5) is 0 Å². The van der Waals surface area contributed by atoms with Crippen LogP contribution in [0.15, 0.2) is 30.3 Å². The standard InChI is InChI=1S/C10H15N3O5.C9H11NO4/c11-6(4-14)10(18)13-12-3-5-1-2-7(15)9(17)8(5)16;10-6(9(13)14)3-5-1-2-7(11)8(12)4-5/h1-2,6,12,14-17H,3-4,11H2,(H,13,18);1-2,4,6,11-12H,3,10H2,(H,13,14)/t;6-/m.0/s1. The molecule has 176 valence electrons. The molecular formula is C19H26N4O9. The minimum Gasteiger partial charge on any atom is -0.504 e. The topological polar surface area (TPSA) is 252 Å². The Morgan fingerprint density at radius 2 is 1.50 bits per heavy atom. The average Bonchev–Trinajstić information content (AvgIpc) is 2.75. The smallest absolute Gasteiger partial charge is 0.320 e. The van der Waals surface area contributed by atoms with E-state index < -0.39 is 47.8 Å². The van der Waals surface area contributed by atoms with Crippen molar-refractivity contribution in [1.29, 1.82) is 0 Å². The van der Waals surface area contributed by atoms with Crippen molar-refractivity contribution in [2.45, 2.75) is 25.0 Å². The lowest BCUT2D eigenvalue weighted by molar-refractivity contribution is -0.138. The fourth-order valence-electron chi connectivity index (χ4n) is 2.19. The minimum atomic E-state index is -1.10. The van der Waals surface area contributed by atoms with E-state index in [1.54, 1.807) is 0 Å². The maximum absolute atomic E-state index is 11.2. The number of carbonyl (C=O) groups is 2. The van der Waals surface area contributed by atoms with Gasteiger partial charge in [-0.3, -0.25) is 15.0 Å². The van der Waals surface area contributed by atoms with Crippen LogP contribution in [0.1, 0.15) is 11.1 Å². The number of phenolic OH excluding ortho intramolecular Hbond substituents is 5. The van der Waals surface area contributed by atoms with Crippen molar-refractivity contribution in [1.82, 2.24) is 10.9 Å². The fraction of sp³-hybridized carbons (Fsp3) is 0.263. The van der Waals surface area contributed by atoms with Crippen LogP contribution >= 0.6 is 0 Å². The second kappa shape index (κ2) is 12.2. The third-order valence-corrected chi connectivity index (χ3v) is 4.05. The molecule has 0 saturated carbocycles. The van der Waals surface area contributed by atoms with E-state index in [1.807, 2.05) is 0 Å². The summed E-state index contributed by atoms with van der Waals surface area (Å²) in [6, 6.07) is 4.62. The second-order valence-electron chi connectivity index (χ2n) is 6.54. The largest absolute Gasteiger partial charge is 0.504 e. The maximum Gasteiger partial charge on any atom is 0.320 e. The highest BCUT2D eigenvalue weighted by atomic mass is 16.4. The normalized spacial score (nSPS) is 12.2. The molecule has 0 radical (unpaired) electrons. The van der Waals surface area contributed by atoms with Crippen molar-refractivity contribution >= 4 is 11.9 Å². The molecule has 1 unspecified atom stereocenters. The molecule has 2 aromatic rings. The number of hydrazine groups is 1. The Morgan fingerprint density at radius 3 is 2.06 bits per heavy atom. The molecule has 0 spiro atoms. The molecule has 2 atom stereocenters. The van der Waals surface area contributed by atoms with Gasteiger partial charge in [-0.1, -0.05) is 12.1 Å². The van der Waals surface area contributed by atoms with Crippen LogP contribution in [0.5, 0.6) is 28.7 Å². The van der Waals surface area contributed by atoms with E-state index in [0.29, 0.717) is 5.56 Å². The van der Waals surface area contributed by atoms with E-state index in [2.05, 4.69) is 10.9 Å². The number of carbonyl (C=O) groups excluding carboxylic acids is 1. The summed E-state index contributed by atoms with van der Waals surface area (Å²) in [4.78, 5) is 21.6. The summed E-state index contributed by atoms with van der Waals surface area (Å²) in [5.41, 5.74) is 16.0. The van der Waals surface area contributed by atoms with E-state index in [9.17, 15) is 19.8 Å². The summed E-state index contributed by atoms with van der Waals surface area (Å²) in [5.74, 6) is -3.78. The van der Waals surface area contributed by atoms with E-state index in [0.717, 1.165) is 0 Å². The quantitative estimate of drug-likeness (QED) is 0.158. The number of aliphatic carboxylic acids is 1. The summed E-state index contributed by atoms with van der Waals surface area (Å²) < 4.78 is 0. The highest BCUT2D eigenvalue weighted by molar-refractivity contribution is 5.81. The van der Waals surface area contributed by atoms with Gasteiger partial charge in [-0.15, -0.1) is 0 Å². The number of hydrogen-bond donors (Lipinski definition) is 11. The predicted molar refractivity (Wildman–Crippen MR) is 111 cm³/mol. The third-order valence-electron chi connectivity index (χ3n) is 4.05. The molecule has 13 N–H and O–H groups in total. The van der Waals surface area contributed by atoms with E-state index in [4.69, 9.17) is 37.0 Å². The molecule has 2 rings (SSSR count). The average molecular weight is 454 g/mol. The number of aliphatic hydroxyl groups excluding tert-OH is 1. The Bertz CT molecular complexity index is 939. The van der Waals surface area contributed by atoms with Gasteiger partial charge in [0.2, 0.25) is 5.75 Å². The summed E-state index contributed by atoms with van der Waals surface area (Å²) in [6.07, 6.45) is 0.114. The van der Waals surface area contributed by atoms with Crippen molar-refractivity contribution in [3.05, 3.63) is 41.5 Å². The van der Waals surface area contributed by atoms with Crippen LogP contribution < -0.4 is 22.3 Å². The van der Waals surface area contributed by atoms with E-state index in [-0.39, 0.29) is 30.0 Å². The van der Waals surface area contributed by atoms with Gasteiger partial charge in [0.05, 0.1) is 6.61 Å². The Morgan fingerprint density at radius 1 is 0.875 bits per heavy atom. The number of aromatic hydroxyl groups is 5. The van der Waals surface area contributed by atoms with E-state index >= 15 is 0 Å². The monoisotopic (exact) mass is 454 g/mol. The predicted octanol–water partition coefficient (Wildman–Crippen LogP) is -1.70. The van der Waals surface area contributed by atoms with Crippen LogP contribution in [0.3, 0.4) is 0 Å². The number of carboxylic acid groups (broad SMARTS) is 1. The fourth-order valence-corrected chi connectivity index (χ4v) is 2.19. The number of nitrogens with one attached hydrogen (secondary N) is 2. The summed E-state index contributed by atoms with van der Waals surface area (Å²) in [7, 11) is 0. The zero-order chi connectivity index (χ0) is 24.4. The number of amides is 1. The molecule has 0 aliphatic rings. The minimum absolute atomic E-state index is 0.00353. The van der Waals surface area contributed by atoms with Gasteiger partial charge in [0.25, 0.3) is 5.91 Å². The number of carboxylic acids is 1. The van der Waals surface area contributed by atoms with Crippen molar-refractivity contribution in [3.63, 3.8) is 0 Å². The van der Waals surface area contributed by atoms with Crippen molar-refractivity contribution in [3.8, 4) is 28.7 Å². The van der Waals surface area contributed by atoms with Gasteiger partial charge in [-0.05, 0) is 30.2 Å². The SMILES string of the molecule is NC(CO)C(=O)NNCc1ccc(O)c(O)c1O.N[C@@H](Cc1ccc(O)c(O)c1)C(=O)O. The maximum atomic E-state index is 11.2.